The number of benzene rings is 1. The summed E-state index contributed by atoms with van der Waals surface area (Å²) in [6, 6.07) is 3.04. The summed E-state index contributed by atoms with van der Waals surface area (Å²) < 4.78 is 4.04. The molecule has 0 saturated heterocycles. The lowest BCUT2D eigenvalue weighted by Gasteiger charge is -2.15. The standard InChI is InChI=1S/C10H6N4O4.4Al/c15-7-5-3(11-9(17)13-7)1-2-4-6(5)8(16)14-10(18)12-4;;;;/h1-2H,(H4,11,12,13,14,15,16,17,18);;;;/q;4*+1/p-4. The van der Waals surface area contributed by atoms with Crippen LogP contribution in [0.15, 0.2) is 31.3 Å². The summed E-state index contributed by atoms with van der Waals surface area (Å²) in [5, 5.41) is 0.138. The van der Waals surface area contributed by atoms with Gasteiger partial charge in [-0.2, -0.15) is 0 Å². The largest absolute Gasteiger partial charge is 0.408 e. The van der Waals surface area contributed by atoms with Gasteiger partial charge in [0.15, 0.2) is 0 Å². The minimum absolute atomic E-state index is 0.0690. The average Bonchev–Trinajstić information content (AvgIpc) is 2.52. The van der Waals surface area contributed by atoms with Gasteiger partial charge in [0, 0.05) is 11.0 Å². The Balaban J connectivity index is 2.89. The normalized spacial score (nSPS) is 11.3. The lowest BCUT2D eigenvalue weighted by molar-refractivity contribution is 0.947. The summed E-state index contributed by atoms with van der Waals surface area (Å²) in [4.78, 5) is 48.8. The van der Waals surface area contributed by atoms with Gasteiger partial charge in [0.2, 0.25) is 11.1 Å². The quantitative estimate of drug-likeness (QED) is 0.309. The molecule has 0 aliphatic heterocycles. The number of aromatic nitrogens is 4. The Kier molecular flexibility index (Phi) is 3.95. The third kappa shape index (κ3) is 2.02. The van der Waals surface area contributed by atoms with E-state index in [-0.39, 0.29) is 21.8 Å². The maximum atomic E-state index is 12.4. The van der Waals surface area contributed by atoms with Crippen molar-refractivity contribution in [2.75, 3.05) is 0 Å². The van der Waals surface area contributed by atoms with Crippen LogP contribution >= 0.6 is 0 Å². The van der Waals surface area contributed by atoms with Crippen molar-refractivity contribution in [1.29, 1.82) is 0 Å². The van der Waals surface area contributed by atoms with E-state index >= 15 is 0 Å². The predicted molar refractivity (Wildman–Crippen MR) is 83.1 cm³/mol. The van der Waals surface area contributed by atoms with Crippen LogP contribution in [0.25, 0.3) is 21.8 Å². The summed E-state index contributed by atoms with van der Waals surface area (Å²) in [6.07, 6.45) is 0. The maximum Gasteiger partial charge on any atom is 0.331 e. The maximum absolute atomic E-state index is 12.4. The molecule has 0 atom stereocenters. The highest BCUT2D eigenvalue weighted by molar-refractivity contribution is 6.19. The van der Waals surface area contributed by atoms with Crippen molar-refractivity contribution in [3.8, 4) is 0 Å². The third-order valence-electron chi connectivity index (χ3n) is 3.37. The highest BCUT2D eigenvalue weighted by atomic mass is 27.1. The summed E-state index contributed by atoms with van der Waals surface area (Å²) >= 11 is 8.45. The van der Waals surface area contributed by atoms with Gasteiger partial charge in [-0.3, -0.25) is 19.2 Å². The molecular formula is C10H2Al4N4O4. The van der Waals surface area contributed by atoms with Gasteiger partial charge in [-0.25, -0.2) is 0 Å². The highest BCUT2D eigenvalue weighted by Crippen LogP contribution is 2.16. The van der Waals surface area contributed by atoms with Gasteiger partial charge in [0.1, 0.15) is 0 Å². The first-order chi connectivity index (χ1) is 10.3. The summed E-state index contributed by atoms with van der Waals surface area (Å²) in [7, 11) is 0. The smallest absolute Gasteiger partial charge is 0.331 e. The van der Waals surface area contributed by atoms with Gasteiger partial charge in [-0.05, 0) is 12.1 Å². The molecule has 0 bridgehead atoms. The SMILES string of the molecule is O=c1c2c3c(=O)[n]([Al])c(=O)[n]([Al])c3ccc2[n]([Al])c(=O)[n]1[Al]. The molecule has 0 unspecified atom stereocenters. The van der Waals surface area contributed by atoms with E-state index in [1.165, 1.54) is 19.2 Å². The van der Waals surface area contributed by atoms with E-state index in [0.717, 1.165) is 7.10 Å². The van der Waals surface area contributed by atoms with E-state index in [1.807, 2.05) is 33.0 Å². The van der Waals surface area contributed by atoms with Gasteiger partial charge in [0.25, 0.3) is 11.4 Å². The van der Waals surface area contributed by atoms with Gasteiger partial charge in [-0.15, -0.1) is 0 Å². The molecule has 0 aliphatic carbocycles. The molecule has 0 N–H and O–H groups in total. The molecule has 2 heterocycles. The van der Waals surface area contributed by atoms with Gasteiger partial charge < -0.3 is 14.2 Å². The molecule has 8 radical (unpaired) electrons. The zero-order chi connectivity index (χ0) is 16.3. The number of hydrogen-bond acceptors (Lipinski definition) is 4. The minimum Gasteiger partial charge on any atom is -0.408 e. The van der Waals surface area contributed by atoms with Crippen LogP contribution in [0, 0.1) is 0 Å². The highest BCUT2D eigenvalue weighted by Gasteiger charge is 2.15. The van der Waals surface area contributed by atoms with Crippen LogP contribution < -0.4 is 22.5 Å². The Morgan fingerprint density at radius 1 is 0.591 bits per heavy atom. The van der Waals surface area contributed by atoms with Crippen molar-refractivity contribution in [1.82, 2.24) is 14.2 Å². The van der Waals surface area contributed by atoms with Crippen LogP contribution in [0.5, 0.6) is 0 Å². The van der Waals surface area contributed by atoms with Crippen LogP contribution in [0.3, 0.4) is 0 Å². The fourth-order valence-corrected chi connectivity index (χ4v) is 3.72. The fourth-order valence-electron chi connectivity index (χ4n) is 2.27. The second-order valence-electron chi connectivity index (χ2n) is 4.51. The lowest BCUT2D eigenvalue weighted by atomic mass is 10.1. The van der Waals surface area contributed by atoms with E-state index in [0.29, 0.717) is 0 Å². The molecule has 2 aromatic heterocycles. The Hall–Kier alpha value is -0.770. The Morgan fingerprint density at radius 2 is 0.909 bits per heavy atom. The molecule has 0 aliphatic rings. The zero-order valence-electron chi connectivity index (χ0n) is 10.9. The van der Waals surface area contributed by atoms with Crippen molar-refractivity contribution < 1.29 is 0 Å². The molecule has 0 saturated carbocycles. The van der Waals surface area contributed by atoms with Crippen molar-refractivity contribution in [2.24, 2.45) is 0 Å². The minimum atomic E-state index is -0.625. The summed E-state index contributed by atoms with van der Waals surface area (Å²) in [6.45, 7) is 0. The van der Waals surface area contributed by atoms with Gasteiger partial charge in [-0.1, -0.05) is 0 Å². The molecular weight excluding hydrogens is 348 g/mol. The molecule has 1 aromatic carbocycles. The number of fused-ring (bicyclic) bond motifs is 3. The molecule has 22 heavy (non-hydrogen) atoms. The molecule has 0 amide bonds. The molecule has 0 fully saturated rings. The monoisotopic (exact) mass is 350 g/mol. The van der Waals surface area contributed by atoms with Crippen LogP contribution in [0.4, 0.5) is 0 Å². The van der Waals surface area contributed by atoms with E-state index in [9.17, 15) is 19.2 Å². The molecule has 12 heteroatoms. The van der Waals surface area contributed by atoms with Crippen LogP contribution in [-0.4, -0.2) is 80.2 Å². The Bertz CT molecular complexity index is 1110. The van der Waals surface area contributed by atoms with E-state index < -0.39 is 22.5 Å². The van der Waals surface area contributed by atoms with E-state index in [1.54, 1.807) is 0 Å². The second-order valence-corrected chi connectivity index (χ2v) is 6.57. The van der Waals surface area contributed by atoms with E-state index in [4.69, 9.17) is 0 Å². The summed E-state index contributed by atoms with van der Waals surface area (Å²) in [5.41, 5.74) is -1.79. The van der Waals surface area contributed by atoms with Gasteiger partial charge in [0.05, 0.1) is 10.8 Å². The van der Waals surface area contributed by atoms with Crippen molar-refractivity contribution in [3.05, 3.63) is 53.8 Å². The average molecular weight is 350 g/mol. The van der Waals surface area contributed by atoms with Crippen LogP contribution in [-0.2, 0) is 0 Å². The first kappa shape index (κ1) is 16.1. The Labute approximate surface area is 155 Å². The molecule has 0 spiro atoms. The van der Waals surface area contributed by atoms with Crippen molar-refractivity contribution in [3.63, 3.8) is 0 Å². The fraction of sp³-hybridized carbons (Fsp3) is 0. The molecule has 3 rings (SSSR count). The molecule has 8 nitrogen and oxygen atoms in total. The molecule has 98 valence electrons. The van der Waals surface area contributed by atoms with E-state index in [2.05, 4.69) is 33.0 Å². The number of rotatable bonds is 0. The summed E-state index contributed by atoms with van der Waals surface area (Å²) in [5.74, 6) is 0. The predicted octanol–water partition coefficient (Wildman–Crippen LogP) is -3.63. The van der Waals surface area contributed by atoms with Gasteiger partial charge >= 0.3 is 66.0 Å². The van der Waals surface area contributed by atoms with Crippen molar-refractivity contribution >= 4 is 87.8 Å². The third-order valence-corrected chi connectivity index (χ3v) is 5.28. The number of nitrogens with zero attached hydrogens (tertiary/aromatic N) is 4. The van der Waals surface area contributed by atoms with Crippen LogP contribution in [0.1, 0.15) is 0 Å². The second kappa shape index (κ2) is 5.40. The first-order valence-electron chi connectivity index (χ1n) is 5.80. The molecule has 3 aromatic rings. The van der Waals surface area contributed by atoms with Crippen LogP contribution in [0.2, 0.25) is 0 Å². The zero-order valence-corrected chi connectivity index (χ0v) is 15.5. The number of hydrogen-bond donors (Lipinski definition) is 0. The van der Waals surface area contributed by atoms with Crippen molar-refractivity contribution in [2.45, 2.75) is 0 Å². The topological polar surface area (TPSA) is 88.0 Å². The Morgan fingerprint density at radius 3 is 1.23 bits per heavy atom. The lowest BCUT2D eigenvalue weighted by Crippen LogP contribution is -2.42. The first-order valence-corrected chi connectivity index (χ1v) is 7.86.